The predicted octanol–water partition coefficient (Wildman–Crippen LogP) is 5.18. The molecule has 2 aromatic rings. The van der Waals surface area contributed by atoms with Gasteiger partial charge in [0.15, 0.2) is 0 Å². The summed E-state index contributed by atoms with van der Waals surface area (Å²) in [7, 11) is 0. The number of carbonyl (C=O) groups excluding carboxylic acids is 1. The molecule has 2 aromatic carbocycles. The lowest BCUT2D eigenvalue weighted by atomic mass is 9.87. The molecule has 2 unspecified atom stereocenters. The van der Waals surface area contributed by atoms with Gasteiger partial charge >= 0.3 is 6.09 Å². The highest BCUT2D eigenvalue weighted by molar-refractivity contribution is 5.94. The van der Waals surface area contributed by atoms with Crippen LogP contribution in [0.3, 0.4) is 0 Å². The maximum absolute atomic E-state index is 12.5. The van der Waals surface area contributed by atoms with Gasteiger partial charge in [-0.05, 0) is 61.6 Å². The lowest BCUT2D eigenvalue weighted by molar-refractivity contribution is -0.117. The van der Waals surface area contributed by atoms with Crippen molar-refractivity contribution in [2.45, 2.75) is 58.8 Å². The summed E-state index contributed by atoms with van der Waals surface area (Å²) in [6, 6.07) is 14.2. The predicted molar refractivity (Wildman–Crippen MR) is 150 cm³/mol. The Kier molecular flexibility index (Phi) is 10.6. The Hall–Kier alpha value is -2.32. The molecule has 1 fully saturated rings. The molecular formula is C27H38Cl2N4O3. The number of hydrogen-bond donors (Lipinski definition) is 2. The number of piperazine rings is 1. The number of nitrogens with zero attached hydrogens (tertiary/aromatic N) is 3. The van der Waals surface area contributed by atoms with Crippen LogP contribution in [0.25, 0.3) is 11.1 Å². The molecule has 2 atom stereocenters. The van der Waals surface area contributed by atoms with E-state index in [4.69, 9.17) is 0 Å². The molecule has 0 aliphatic carbocycles. The maximum atomic E-state index is 12.5. The molecule has 0 bridgehead atoms. The van der Waals surface area contributed by atoms with Gasteiger partial charge in [0.05, 0.1) is 6.04 Å². The second-order valence-electron chi connectivity index (χ2n) is 9.77. The Balaban J connectivity index is 0.00000228. The number of carboxylic acid groups (broad SMARTS) is 1. The second-order valence-corrected chi connectivity index (χ2v) is 9.77. The van der Waals surface area contributed by atoms with Crippen molar-refractivity contribution in [3.05, 3.63) is 53.6 Å². The summed E-state index contributed by atoms with van der Waals surface area (Å²) in [5.41, 5.74) is 5.11. The first-order valence-electron chi connectivity index (χ1n) is 12.2. The fourth-order valence-electron chi connectivity index (χ4n) is 5.40. The first kappa shape index (κ1) is 29.9. The van der Waals surface area contributed by atoms with E-state index in [9.17, 15) is 14.7 Å². The summed E-state index contributed by atoms with van der Waals surface area (Å²) in [5, 5.41) is 13.4. The molecule has 2 heterocycles. The highest BCUT2D eigenvalue weighted by Gasteiger charge is 2.38. The van der Waals surface area contributed by atoms with E-state index in [2.05, 4.69) is 40.5 Å². The topological polar surface area (TPSA) is 76.1 Å². The fraction of sp³-hybridized carbons (Fsp3) is 0.481. The van der Waals surface area contributed by atoms with Crippen molar-refractivity contribution in [2.24, 2.45) is 0 Å². The lowest BCUT2D eigenvalue weighted by Gasteiger charge is -2.43. The molecule has 4 rings (SSSR count). The van der Waals surface area contributed by atoms with Gasteiger partial charge in [-0.15, -0.1) is 24.8 Å². The molecule has 2 aliphatic heterocycles. The van der Waals surface area contributed by atoms with E-state index in [1.807, 2.05) is 32.9 Å². The molecule has 198 valence electrons. The van der Waals surface area contributed by atoms with Crippen molar-refractivity contribution in [1.82, 2.24) is 15.1 Å². The van der Waals surface area contributed by atoms with Gasteiger partial charge in [0, 0.05) is 57.4 Å². The molecular weight excluding hydrogens is 499 g/mol. The third-order valence-corrected chi connectivity index (χ3v) is 7.01. The number of anilines is 1. The monoisotopic (exact) mass is 536 g/mol. The minimum Gasteiger partial charge on any atom is -0.465 e. The summed E-state index contributed by atoms with van der Waals surface area (Å²) >= 11 is 0. The van der Waals surface area contributed by atoms with Crippen LogP contribution in [0.15, 0.2) is 42.5 Å². The minimum absolute atomic E-state index is 0. The molecule has 0 radical (unpaired) electrons. The molecule has 1 saturated heterocycles. The zero-order chi connectivity index (χ0) is 24.4. The van der Waals surface area contributed by atoms with E-state index in [1.54, 1.807) is 11.8 Å². The Labute approximate surface area is 226 Å². The van der Waals surface area contributed by atoms with Crippen LogP contribution >= 0.6 is 24.8 Å². The quantitative estimate of drug-likeness (QED) is 0.550. The van der Waals surface area contributed by atoms with Gasteiger partial charge in [0.25, 0.3) is 0 Å². The number of fused-ring (bicyclic) bond motifs is 1. The maximum Gasteiger partial charge on any atom is 0.408 e. The SMILES string of the molecule is CC(=O)N1c2ccc(-c3ccc(CN4CCNCC4)cc3)cc2C(N(C(=O)O)C(C)C)CC1C.Cl.Cl. The molecule has 0 saturated carbocycles. The van der Waals surface area contributed by atoms with Crippen LogP contribution in [-0.4, -0.2) is 65.2 Å². The number of hydrogen-bond acceptors (Lipinski definition) is 4. The van der Waals surface area contributed by atoms with Gasteiger partial charge in [-0.3, -0.25) is 14.6 Å². The fourth-order valence-corrected chi connectivity index (χ4v) is 5.40. The largest absolute Gasteiger partial charge is 0.465 e. The molecule has 2 aliphatic rings. The summed E-state index contributed by atoms with van der Waals surface area (Å²) in [6.07, 6.45) is -0.360. The number of benzene rings is 2. The summed E-state index contributed by atoms with van der Waals surface area (Å²) in [6.45, 7) is 12.5. The van der Waals surface area contributed by atoms with E-state index in [-0.39, 0.29) is 48.8 Å². The second kappa shape index (κ2) is 12.8. The molecule has 0 aromatic heterocycles. The molecule has 2 N–H and O–H groups in total. The van der Waals surface area contributed by atoms with Gasteiger partial charge < -0.3 is 15.3 Å². The standard InChI is InChI=1S/C27H36N4O3.2ClH/c1-18(2)30(27(33)34)26-15-19(3)31(20(4)32)25-10-9-23(16-24(25)26)22-7-5-21(6-8-22)17-29-13-11-28-12-14-29;;/h5-10,16,18-19,26,28H,11-15,17H2,1-4H3,(H,33,34);2*1H. The van der Waals surface area contributed by atoms with Crippen LogP contribution in [-0.2, 0) is 11.3 Å². The van der Waals surface area contributed by atoms with Crippen LogP contribution in [0.4, 0.5) is 10.5 Å². The van der Waals surface area contributed by atoms with E-state index < -0.39 is 6.09 Å². The Bertz CT molecular complexity index is 1040. The summed E-state index contributed by atoms with van der Waals surface area (Å²) in [5.74, 6) is -0.0244. The first-order chi connectivity index (χ1) is 16.3. The molecule has 9 heteroatoms. The number of amides is 2. The van der Waals surface area contributed by atoms with Gasteiger partial charge in [0.2, 0.25) is 5.91 Å². The third kappa shape index (κ3) is 6.32. The average molecular weight is 538 g/mol. The van der Waals surface area contributed by atoms with Crippen molar-refractivity contribution >= 4 is 42.5 Å². The average Bonchev–Trinajstić information content (AvgIpc) is 2.79. The molecule has 2 amide bonds. The van der Waals surface area contributed by atoms with Gasteiger partial charge in [0.1, 0.15) is 0 Å². The van der Waals surface area contributed by atoms with E-state index in [1.165, 1.54) is 10.5 Å². The zero-order valence-corrected chi connectivity index (χ0v) is 23.1. The van der Waals surface area contributed by atoms with Crippen LogP contribution in [0.5, 0.6) is 0 Å². The first-order valence-corrected chi connectivity index (χ1v) is 12.2. The van der Waals surface area contributed by atoms with E-state index in [0.29, 0.717) is 6.42 Å². The highest BCUT2D eigenvalue weighted by atomic mass is 35.5. The Morgan fingerprint density at radius 1 is 1.06 bits per heavy atom. The number of carbonyl (C=O) groups is 2. The number of halogens is 2. The van der Waals surface area contributed by atoms with Crippen molar-refractivity contribution in [3.8, 4) is 11.1 Å². The Morgan fingerprint density at radius 3 is 2.22 bits per heavy atom. The Morgan fingerprint density at radius 2 is 1.67 bits per heavy atom. The van der Waals surface area contributed by atoms with Crippen molar-refractivity contribution < 1.29 is 14.7 Å². The smallest absolute Gasteiger partial charge is 0.408 e. The van der Waals surface area contributed by atoms with Crippen LogP contribution in [0.1, 0.15) is 51.3 Å². The molecule has 36 heavy (non-hydrogen) atoms. The summed E-state index contributed by atoms with van der Waals surface area (Å²) < 4.78 is 0. The van der Waals surface area contributed by atoms with Crippen LogP contribution < -0.4 is 10.2 Å². The van der Waals surface area contributed by atoms with Crippen molar-refractivity contribution in [2.75, 3.05) is 31.1 Å². The van der Waals surface area contributed by atoms with Crippen molar-refractivity contribution in [3.63, 3.8) is 0 Å². The van der Waals surface area contributed by atoms with Crippen molar-refractivity contribution in [1.29, 1.82) is 0 Å². The lowest BCUT2D eigenvalue weighted by Crippen LogP contribution is -2.48. The number of nitrogens with one attached hydrogen (secondary N) is 1. The zero-order valence-electron chi connectivity index (χ0n) is 21.4. The molecule has 7 nitrogen and oxygen atoms in total. The molecule has 0 spiro atoms. The minimum atomic E-state index is -0.933. The van der Waals surface area contributed by atoms with Gasteiger partial charge in [-0.1, -0.05) is 30.3 Å². The van der Waals surface area contributed by atoms with Crippen LogP contribution in [0, 0.1) is 0 Å². The van der Waals surface area contributed by atoms with E-state index >= 15 is 0 Å². The normalized spacial score (nSPS) is 19.6. The number of rotatable bonds is 5. The van der Waals surface area contributed by atoms with Crippen LogP contribution in [0.2, 0.25) is 0 Å². The van der Waals surface area contributed by atoms with E-state index in [0.717, 1.165) is 55.1 Å². The van der Waals surface area contributed by atoms with Gasteiger partial charge in [-0.2, -0.15) is 0 Å². The summed E-state index contributed by atoms with van der Waals surface area (Å²) in [4.78, 5) is 30.4. The third-order valence-electron chi connectivity index (χ3n) is 7.01. The van der Waals surface area contributed by atoms with Gasteiger partial charge in [-0.25, -0.2) is 4.79 Å². The highest BCUT2D eigenvalue weighted by Crippen LogP contribution is 2.43.